The largest absolute Gasteiger partial charge is 0.384 e. The van der Waals surface area contributed by atoms with E-state index in [1.165, 1.54) is 0 Å². The molecule has 0 spiro atoms. The number of benzene rings is 3. The number of carbonyl (C=O) groups is 1. The molecular formula is C20H15ClINO2. The van der Waals surface area contributed by atoms with Crippen LogP contribution < -0.4 is 5.32 Å². The first-order valence-corrected chi connectivity index (χ1v) is 9.09. The first-order chi connectivity index (χ1) is 12.0. The van der Waals surface area contributed by atoms with Gasteiger partial charge in [0.15, 0.2) is 0 Å². The molecule has 2 N–H and O–H groups in total. The van der Waals surface area contributed by atoms with Crippen LogP contribution >= 0.6 is 34.2 Å². The Hall–Kier alpha value is -1.89. The Bertz CT molecular complexity index is 899. The first-order valence-electron chi connectivity index (χ1n) is 7.64. The number of carbonyl (C=O) groups excluding carboxylic acids is 1. The molecule has 0 heterocycles. The van der Waals surface area contributed by atoms with Crippen molar-refractivity contribution in [1.29, 1.82) is 0 Å². The number of rotatable bonds is 4. The topological polar surface area (TPSA) is 49.3 Å². The van der Waals surface area contributed by atoms with E-state index in [0.717, 1.165) is 9.13 Å². The van der Waals surface area contributed by atoms with Crippen LogP contribution in [0.4, 0.5) is 5.69 Å². The number of aliphatic hydroxyl groups is 1. The van der Waals surface area contributed by atoms with E-state index in [9.17, 15) is 9.90 Å². The standard InChI is InChI=1S/C20H15ClINO2/c21-15-9-10-18(23-20(25)14-7-4-8-16(22)11-14)17(12-15)19(24)13-5-2-1-3-6-13/h1-12,19,24H,(H,23,25)/t19-/m0/s1. The normalized spacial score (nSPS) is 11.8. The maximum atomic E-state index is 12.5. The molecule has 3 rings (SSSR count). The number of amides is 1. The van der Waals surface area contributed by atoms with Gasteiger partial charge in [0.1, 0.15) is 6.10 Å². The summed E-state index contributed by atoms with van der Waals surface area (Å²) in [5.74, 6) is -0.234. The molecule has 3 aromatic rings. The Kier molecular flexibility index (Phi) is 5.73. The third-order valence-electron chi connectivity index (χ3n) is 3.76. The molecule has 1 amide bonds. The van der Waals surface area contributed by atoms with Crippen molar-refractivity contribution < 1.29 is 9.90 Å². The van der Waals surface area contributed by atoms with E-state index < -0.39 is 6.10 Å². The fourth-order valence-corrected chi connectivity index (χ4v) is 3.24. The summed E-state index contributed by atoms with van der Waals surface area (Å²) < 4.78 is 0.978. The first kappa shape index (κ1) is 17.9. The third kappa shape index (κ3) is 4.39. The highest BCUT2D eigenvalue weighted by molar-refractivity contribution is 14.1. The summed E-state index contributed by atoms with van der Waals surface area (Å²) in [7, 11) is 0. The van der Waals surface area contributed by atoms with Crippen molar-refractivity contribution in [2.24, 2.45) is 0 Å². The summed E-state index contributed by atoms with van der Waals surface area (Å²) in [5, 5.41) is 14.1. The summed E-state index contributed by atoms with van der Waals surface area (Å²) >= 11 is 8.26. The van der Waals surface area contributed by atoms with Gasteiger partial charge in [0, 0.05) is 25.4 Å². The van der Waals surface area contributed by atoms with Gasteiger partial charge in [-0.15, -0.1) is 0 Å². The SMILES string of the molecule is O=C(Nc1ccc(Cl)cc1[C@@H](O)c1ccccc1)c1cccc(I)c1. The van der Waals surface area contributed by atoms with Gasteiger partial charge in [-0.05, 0) is 64.6 Å². The van der Waals surface area contributed by atoms with Crippen molar-refractivity contribution in [2.75, 3.05) is 5.32 Å². The number of aliphatic hydroxyl groups excluding tert-OH is 1. The maximum absolute atomic E-state index is 12.5. The highest BCUT2D eigenvalue weighted by Gasteiger charge is 2.17. The molecule has 0 unspecified atom stereocenters. The van der Waals surface area contributed by atoms with E-state index in [2.05, 4.69) is 27.9 Å². The minimum absolute atomic E-state index is 0.234. The van der Waals surface area contributed by atoms with Gasteiger partial charge >= 0.3 is 0 Å². The lowest BCUT2D eigenvalue weighted by molar-refractivity contribution is 0.102. The van der Waals surface area contributed by atoms with E-state index >= 15 is 0 Å². The highest BCUT2D eigenvalue weighted by Crippen LogP contribution is 2.31. The van der Waals surface area contributed by atoms with Crippen molar-refractivity contribution in [3.63, 3.8) is 0 Å². The van der Waals surface area contributed by atoms with Crippen LogP contribution in [0.3, 0.4) is 0 Å². The molecule has 3 nitrogen and oxygen atoms in total. The van der Waals surface area contributed by atoms with Crippen molar-refractivity contribution >= 4 is 45.8 Å². The third-order valence-corrected chi connectivity index (χ3v) is 4.66. The quantitative estimate of drug-likeness (QED) is 0.517. The van der Waals surface area contributed by atoms with Gasteiger partial charge < -0.3 is 10.4 Å². The van der Waals surface area contributed by atoms with Gasteiger partial charge in [0.25, 0.3) is 5.91 Å². The lowest BCUT2D eigenvalue weighted by atomic mass is 9.99. The van der Waals surface area contributed by atoms with E-state index in [4.69, 9.17) is 11.6 Å². The molecule has 0 fully saturated rings. The van der Waals surface area contributed by atoms with E-state index in [1.807, 2.05) is 42.5 Å². The second kappa shape index (κ2) is 7.99. The van der Waals surface area contributed by atoms with Crippen LogP contribution in [0.15, 0.2) is 72.8 Å². The fraction of sp³-hybridized carbons (Fsp3) is 0.0500. The minimum atomic E-state index is -0.883. The monoisotopic (exact) mass is 463 g/mol. The zero-order chi connectivity index (χ0) is 17.8. The van der Waals surface area contributed by atoms with Gasteiger partial charge in [0.05, 0.1) is 0 Å². The molecular weight excluding hydrogens is 449 g/mol. The van der Waals surface area contributed by atoms with E-state index in [1.54, 1.807) is 30.3 Å². The fourth-order valence-electron chi connectivity index (χ4n) is 2.51. The predicted octanol–water partition coefficient (Wildman–Crippen LogP) is 5.28. The molecule has 0 radical (unpaired) electrons. The van der Waals surface area contributed by atoms with Crippen LogP contribution in [0.1, 0.15) is 27.6 Å². The van der Waals surface area contributed by atoms with Crippen LogP contribution in [0.25, 0.3) is 0 Å². The Morgan fingerprint density at radius 3 is 2.48 bits per heavy atom. The van der Waals surface area contributed by atoms with Crippen LogP contribution in [-0.4, -0.2) is 11.0 Å². The van der Waals surface area contributed by atoms with Gasteiger partial charge in [-0.25, -0.2) is 0 Å². The second-order valence-electron chi connectivity index (χ2n) is 5.51. The molecule has 0 saturated heterocycles. The zero-order valence-corrected chi connectivity index (χ0v) is 16.0. The number of halogens is 2. The van der Waals surface area contributed by atoms with Crippen LogP contribution in [0.5, 0.6) is 0 Å². The van der Waals surface area contributed by atoms with Crippen LogP contribution in [0, 0.1) is 3.57 Å². The minimum Gasteiger partial charge on any atom is -0.384 e. The van der Waals surface area contributed by atoms with Gasteiger partial charge in [-0.2, -0.15) is 0 Å². The molecule has 0 aliphatic rings. The zero-order valence-electron chi connectivity index (χ0n) is 13.1. The number of anilines is 1. The molecule has 1 atom stereocenters. The Labute approximate surface area is 164 Å². The van der Waals surface area contributed by atoms with Crippen molar-refractivity contribution in [3.05, 3.63) is 98.1 Å². The molecule has 0 aliphatic heterocycles. The molecule has 0 saturated carbocycles. The number of hydrogen-bond donors (Lipinski definition) is 2. The van der Waals surface area contributed by atoms with Crippen molar-refractivity contribution in [2.45, 2.75) is 6.10 Å². The Morgan fingerprint density at radius 2 is 1.76 bits per heavy atom. The lowest BCUT2D eigenvalue weighted by Crippen LogP contribution is -2.15. The van der Waals surface area contributed by atoms with Crippen molar-refractivity contribution in [1.82, 2.24) is 0 Å². The molecule has 0 bridgehead atoms. The van der Waals surface area contributed by atoms with Gasteiger partial charge in [-0.1, -0.05) is 48.0 Å². The second-order valence-corrected chi connectivity index (χ2v) is 7.19. The average molecular weight is 464 g/mol. The van der Waals surface area contributed by atoms with Crippen LogP contribution in [-0.2, 0) is 0 Å². The van der Waals surface area contributed by atoms with E-state index in [-0.39, 0.29) is 5.91 Å². The molecule has 3 aromatic carbocycles. The summed E-state index contributed by atoms with van der Waals surface area (Å²) in [5.41, 5.74) is 2.37. The highest BCUT2D eigenvalue weighted by atomic mass is 127. The number of nitrogens with one attached hydrogen (secondary N) is 1. The Morgan fingerprint density at radius 1 is 1.00 bits per heavy atom. The smallest absolute Gasteiger partial charge is 0.255 e. The average Bonchev–Trinajstić information content (AvgIpc) is 2.63. The van der Waals surface area contributed by atoms with Crippen molar-refractivity contribution in [3.8, 4) is 0 Å². The summed E-state index contributed by atoms with van der Waals surface area (Å²) in [6.45, 7) is 0. The molecule has 126 valence electrons. The summed E-state index contributed by atoms with van der Waals surface area (Å²) in [6, 6.07) is 21.6. The summed E-state index contributed by atoms with van der Waals surface area (Å²) in [4.78, 5) is 12.5. The van der Waals surface area contributed by atoms with Gasteiger partial charge in [0.2, 0.25) is 0 Å². The molecule has 0 aromatic heterocycles. The molecule has 25 heavy (non-hydrogen) atoms. The molecule has 5 heteroatoms. The van der Waals surface area contributed by atoms with Crippen LogP contribution in [0.2, 0.25) is 5.02 Å². The summed E-state index contributed by atoms with van der Waals surface area (Å²) in [6.07, 6.45) is -0.883. The number of hydrogen-bond acceptors (Lipinski definition) is 2. The van der Waals surface area contributed by atoms with Gasteiger partial charge in [-0.3, -0.25) is 4.79 Å². The van der Waals surface area contributed by atoms with E-state index in [0.29, 0.717) is 21.8 Å². The maximum Gasteiger partial charge on any atom is 0.255 e. The molecule has 0 aliphatic carbocycles. The predicted molar refractivity (Wildman–Crippen MR) is 109 cm³/mol. The Balaban J connectivity index is 1.93. The lowest BCUT2D eigenvalue weighted by Gasteiger charge is -2.17.